The number of aromatic nitrogens is 1. The summed E-state index contributed by atoms with van der Waals surface area (Å²) in [6.45, 7) is -0.192. The lowest BCUT2D eigenvalue weighted by Gasteiger charge is -2.07. The number of halogens is 1. The molecular formula is C20H17ClN2O4S. The van der Waals surface area contributed by atoms with E-state index in [-0.39, 0.29) is 19.1 Å². The molecule has 0 spiro atoms. The van der Waals surface area contributed by atoms with Crippen molar-refractivity contribution in [3.63, 3.8) is 0 Å². The molecule has 3 aromatic rings. The van der Waals surface area contributed by atoms with E-state index in [1.165, 1.54) is 18.4 Å². The molecule has 0 aliphatic rings. The van der Waals surface area contributed by atoms with E-state index in [0.717, 1.165) is 10.6 Å². The van der Waals surface area contributed by atoms with Gasteiger partial charge in [0.25, 0.3) is 5.91 Å². The van der Waals surface area contributed by atoms with E-state index in [1.54, 1.807) is 36.4 Å². The number of methoxy groups -OCH3 is 1. The normalized spacial score (nSPS) is 10.4. The minimum Gasteiger partial charge on any atom is -0.497 e. The Hall–Kier alpha value is -2.90. The van der Waals surface area contributed by atoms with Crippen LogP contribution in [-0.4, -0.2) is 30.5 Å². The zero-order chi connectivity index (χ0) is 19.9. The zero-order valence-corrected chi connectivity index (χ0v) is 16.5. The van der Waals surface area contributed by atoms with Crippen LogP contribution >= 0.6 is 22.9 Å². The lowest BCUT2D eigenvalue weighted by molar-refractivity contribution is -0.143. The van der Waals surface area contributed by atoms with Gasteiger partial charge in [0.1, 0.15) is 23.9 Å². The van der Waals surface area contributed by atoms with Gasteiger partial charge in [0, 0.05) is 21.5 Å². The van der Waals surface area contributed by atoms with E-state index in [4.69, 9.17) is 21.1 Å². The molecule has 8 heteroatoms. The minimum atomic E-state index is -0.544. The first kappa shape index (κ1) is 19.9. The number of hydrogen-bond acceptors (Lipinski definition) is 6. The molecule has 0 fully saturated rings. The van der Waals surface area contributed by atoms with Gasteiger partial charge in [-0.05, 0) is 30.3 Å². The molecule has 1 aromatic heterocycles. The number of hydrogen-bond donors (Lipinski definition) is 1. The number of carbonyl (C=O) groups is 2. The molecule has 3 rings (SSSR count). The average Bonchev–Trinajstić information content (AvgIpc) is 3.20. The first-order valence-electron chi connectivity index (χ1n) is 8.33. The van der Waals surface area contributed by atoms with Crippen molar-refractivity contribution in [3.05, 3.63) is 70.2 Å². The first-order chi connectivity index (χ1) is 13.5. The third-order valence-electron chi connectivity index (χ3n) is 3.75. The summed E-state index contributed by atoms with van der Waals surface area (Å²) < 4.78 is 10.2. The molecule has 0 aliphatic carbocycles. The Kier molecular flexibility index (Phi) is 6.62. The number of esters is 1. The molecule has 0 saturated heterocycles. The second-order valence-electron chi connectivity index (χ2n) is 5.73. The number of ether oxygens (including phenoxy) is 2. The Morgan fingerprint density at radius 3 is 2.71 bits per heavy atom. The fourth-order valence-electron chi connectivity index (χ4n) is 2.32. The van der Waals surface area contributed by atoms with Crippen molar-refractivity contribution in [1.82, 2.24) is 10.3 Å². The quantitative estimate of drug-likeness (QED) is 0.590. The minimum absolute atomic E-state index is 0.0396. The fraction of sp³-hybridized carbons (Fsp3) is 0.150. The Labute approximate surface area is 171 Å². The summed E-state index contributed by atoms with van der Waals surface area (Å²) in [5.74, 6) is -0.359. The highest BCUT2D eigenvalue weighted by molar-refractivity contribution is 7.13. The SMILES string of the molecule is COc1cccc(C(=O)NCC(=O)OCc2csc(-c3ccc(Cl)cc3)n2)c1. The lowest BCUT2D eigenvalue weighted by Crippen LogP contribution is -2.30. The van der Waals surface area contributed by atoms with E-state index >= 15 is 0 Å². The van der Waals surface area contributed by atoms with Crippen LogP contribution in [0.3, 0.4) is 0 Å². The summed E-state index contributed by atoms with van der Waals surface area (Å²) in [5.41, 5.74) is 1.99. The molecule has 144 valence electrons. The molecular weight excluding hydrogens is 400 g/mol. The maximum Gasteiger partial charge on any atom is 0.325 e. The summed E-state index contributed by atoms with van der Waals surface area (Å²) in [7, 11) is 1.52. The van der Waals surface area contributed by atoms with Gasteiger partial charge < -0.3 is 14.8 Å². The van der Waals surface area contributed by atoms with Crippen LogP contribution in [0.4, 0.5) is 0 Å². The van der Waals surface area contributed by atoms with Crippen molar-refractivity contribution >= 4 is 34.8 Å². The van der Waals surface area contributed by atoms with Crippen molar-refractivity contribution < 1.29 is 19.1 Å². The molecule has 1 N–H and O–H groups in total. The van der Waals surface area contributed by atoms with Gasteiger partial charge in [0.2, 0.25) is 0 Å². The van der Waals surface area contributed by atoms with Crippen molar-refractivity contribution in [2.24, 2.45) is 0 Å². The van der Waals surface area contributed by atoms with Crippen LogP contribution in [0.25, 0.3) is 10.6 Å². The van der Waals surface area contributed by atoms with E-state index in [1.807, 2.05) is 17.5 Å². The summed E-state index contributed by atoms with van der Waals surface area (Å²) in [5, 5.41) is 5.82. The smallest absolute Gasteiger partial charge is 0.325 e. The summed E-state index contributed by atoms with van der Waals surface area (Å²) in [6.07, 6.45) is 0. The number of carbonyl (C=O) groups excluding carboxylic acids is 2. The summed E-state index contributed by atoms with van der Waals surface area (Å²) in [6, 6.07) is 14.0. The number of amides is 1. The van der Waals surface area contributed by atoms with Crippen LogP contribution in [0.15, 0.2) is 53.9 Å². The van der Waals surface area contributed by atoms with Crippen LogP contribution in [0.2, 0.25) is 5.02 Å². The van der Waals surface area contributed by atoms with Crippen LogP contribution in [-0.2, 0) is 16.1 Å². The molecule has 0 aliphatic heterocycles. The lowest BCUT2D eigenvalue weighted by atomic mass is 10.2. The number of nitrogens with one attached hydrogen (secondary N) is 1. The fourth-order valence-corrected chi connectivity index (χ4v) is 3.26. The van der Waals surface area contributed by atoms with Crippen LogP contribution in [0, 0.1) is 0 Å². The van der Waals surface area contributed by atoms with Gasteiger partial charge in [-0.3, -0.25) is 9.59 Å². The molecule has 0 atom stereocenters. The highest BCUT2D eigenvalue weighted by Crippen LogP contribution is 2.25. The van der Waals surface area contributed by atoms with Gasteiger partial charge >= 0.3 is 5.97 Å². The first-order valence-corrected chi connectivity index (χ1v) is 9.59. The number of benzene rings is 2. The number of nitrogens with zero attached hydrogens (tertiary/aromatic N) is 1. The van der Waals surface area contributed by atoms with Gasteiger partial charge in [-0.1, -0.05) is 29.8 Å². The predicted molar refractivity (Wildman–Crippen MR) is 108 cm³/mol. The van der Waals surface area contributed by atoms with Crippen molar-refractivity contribution in [2.45, 2.75) is 6.61 Å². The molecule has 1 heterocycles. The number of rotatable bonds is 7. The van der Waals surface area contributed by atoms with Gasteiger partial charge in [-0.25, -0.2) is 4.98 Å². The van der Waals surface area contributed by atoms with Crippen LogP contribution < -0.4 is 10.1 Å². The Morgan fingerprint density at radius 1 is 1.18 bits per heavy atom. The standard InChI is InChI=1S/C20H17ClN2O4S/c1-26-17-4-2-3-14(9-17)19(25)22-10-18(24)27-11-16-12-28-20(23-16)13-5-7-15(21)8-6-13/h2-9,12H,10-11H2,1H3,(H,22,25). The van der Waals surface area contributed by atoms with E-state index in [0.29, 0.717) is 22.0 Å². The van der Waals surface area contributed by atoms with Crippen LogP contribution in [0.1, 0.15) is 16.1 Å². The molecule has 0 unspecified atom stereocenters. The Balaban J connectivity index is 1.48. The Bertz CT molecular complexity index is 972. The molecule has 6 nitrogen and oxygen atoms in total. The monoisotopic (exact) mass is 416 g/mol. The topological polar surface area (TPSA) is 77.5 Å². The zero-order valence-electron chi connectivity index (χ0n) is 15.0. The Morgan fingerprint density at radius 2 is 1.96 bits per heavy atom. The maximum atomic E-state index is 12.1. The third-order valence-corrected chi connectivity index (χ3v) is 4.94. The van der Waals surface area contributed by atoms with Gasteiger partial charge in [0.15, 0.2) is 0 Å². The third kappa shape index (κ3) is 5.31. The van der Waals surface area contributed by atoms with Gasteiger partial charge in [-0.2, -0.15) is 0 Å². The molecule has 0 saturated carbocycles. The highest BCUT2D eigenvalue weighted by atomic mass is 35.5. The van der Waals surface area contributed by atoms with Crippen LogP contribution in [0.5, 0.6) is 5.75 Å². The average molecular weight is 417 g/mol. The molecule has 1 amide bonds. The van der Waals surface area contributed by atoms with Gasteiger partial charge in [-0.15, -0.1) is 11.3 Å². The van der Waals surface area contributed by atoms with E-state index in [2.05, 4.69) is 10.3 Å². The van der Waals surface area contributed by atoms with Crippen molar-refractivity contribution in [3.8, 4) is 16.3 Å². The molecule has 2 aromatic carbocycles. The van der Waals surface area contributed by atoms with Crippen molar-refractivity contribution in [1.29, 1.82) is 0 Å². The molecule has 28 heavy (non-hydrogen) atoms. The maximum absolute atomic E-state index is 12.1. The van der Waals surface area contributed by atoms with Gasteiger partial charge in [0.05, 0.1) is 12.8 Å². The molecule has 0 radical (unpaired) electrons. The second-order valence-corrected chi connectivity index (χ2v) is 7.02. The van der Waals surface area contributed by atoms with E-state index < -0.39 is 5.97 Å². The van der Waals surface area contributed by atoms with E-state index in [9.17, 15) is 9.59 Å². The second kappa shape index (κ2) is 9.34. The number of thiazole rings is 1. The molecule has 0 bridgehead atoms. The predicted octanol–water partition coefficient (Wildman–Crippen LogP) is 3.95. The summed E-state index contributed by atoms with van der Waals surface area (Å²) >= 11 is 7.34. The summed E-state index contributed by atoms with van der Waals surface area (Å²) in [4.78, 5) is 28.4. The van der Waals surface area contributed by atoms with Crippen molar-refractivity contribution in [2.75, 3.05) is 13.7 Å². The highest BCUT2D eigenvalue weighted by Gasteiger charge is 2.11. The largest absolute Gasteiger partial charge is 0.497 e.